The Morgan fingerprint density at radius 1 is 1.00 bits per heavy atom. The summed E-state index contributed by atoms with van der Waals surface area (Å²) in [6.45, 7) is 2.25. The van der Waals surface area contributed by atoms with E-state index in [4.69, 9.17) is 0 Å². The van der Waals surface area contributed by atoms with Crippen molar-refractivity contribution >= 4 is 0 Å². The van der Waals surface area contributed by atoms with Crippen LogP contribution in [-0.4, -0.2) is 19.0 Å². The lowest BCUT2D eigenvalue weighted by molar-refractivity contribution is 0.0982. The molecule has 2 rings (SSSR count). The van der Waals surface area contributed by atoms with Gasteiger partial charge in [0.1, 0.15) is 0 Å². The van der Waals surface area contributed by atoms with Crippen molar-refractivity contribution in [1.29, 1.82) is 0 Å². The average Bonchev–Trinajstić information content (AvgIpc) is 2.30. The van der Waals surface area contributed by atoms with Crippen molar-refractivity contribution in [1.82, 2.24) is 4.90 Å². The van der Waals surface area contributed by atoms with Crippen LogP contribution in [0, 0.1) is 6.92 Å². The van der Waals surface area contributed by atoms with E-state index in [-0.39, 0.29) is 0 Å². The third kappa shape index (κ3) is 1.89. The van der Waals surface area contributed by atoms with Crippen molar-refractivity contribution in [3.05, 3.63) is 35.4 Å². The minimum absolute atomic E-state index is 0.295. The van der Waals surface area contributed by atoms with Crippen LogP contribution < -0.4 is 0 Å². The number of hydrogen-bond donors (Lipinski definition) is 0. The van der Waals surface area contributed by atoms with Crippen molar-refractivity contribution in [2.75, 3.05) is 14.1 Å². The standard InChI is InChI=1S/C15H23N/c1-13-9-5-6-10-14(13)15(16(2)3)11-7-4-8-12-15/h5-6,9-10H,4,7-8,11-12H2,1-3H3. The van der Waals surface area contributed by atoms with Gasteiger partial charge in [-0.1, -0.05) is 43.5 Å². The van der Waals surface area contributed by atoms with Crippen molar-refractivity contribution in [3.8, 4) is 0 Å². The Morgan fingerprint density at radius 2 is 1.62 bits per heavy atom. The predicted molar refractivity (Wildman–Crippen MR) is 69.6 cm³/mol. The molecule has 0 saturated heterocycles. The smallest absolute Gasteiger partial charge is 0.0457 e. The van der Waals surface area contributed by atoms with E-state index in [1.54, 1.807) is 5.56 Å². The maximum Gasteiger partial charge on any atom is 0.0457 e. The second kappa shape index (κ2) is 4.58. The zero-order chi connectivity index (χ0) is 11.6. The molecule has 1 saturated carbocycles. The topological polar surface area (TPSA) is 3.24 Å². The Hall–Kier alpha value is -0.820. The van der Waals surface area contributed by atoms with Crippen LogP contribution in [0.15, 0.2) is 24.3 Å². The zero-order valence-corrected chi connectivity index (χ0v) is 10.8. The maximum absolute atomic E-state index is 2.44. The molecule has 0 bridgehead atoms. The van der Waals surface area contributed by atoms with E-state index in [1.807, 2.05) is 0 Å². The van der Waals surface area contributed by atoms with E-state index in [9.17, 15) is 0 Å². The Balaban J connectivity index is 2.43. The van der Waals surface area contributed by atoms with Gasteiger partial charge in [-0.25, -0.2) is 0 Å². The summed E-state index contributed by atoms with van der Waals surface area (Å²) in [6, 6.07) is 8.89. The molecule has 16 heavy (non-hydrogen) atoms. The van der Waals surface area contributed by atoms with Crippen LogP contribution >= 0.6 is 0 Å². The van der Waals surface area contributed by atoms with Crippen LogP contribution in [-0.2, 0) is 5.54 Å². The van der Waals surface area contributed by atoms with Gasteiger partial charge in [-0.2, -0.15) is 0 Å². The highest BCUT2D eigenvalue weighted by Crippen LogP contribution is 2.42. The number of aryl methyl sites for hydroxylation is 1. The van der Waals surface area contributed by atoms with E-state index < -0.39 is 0 Å². The number of benzene rings is 1. The molecule has 0 N–H and O–H groups in total. The summed E-state index contributed by atoms with van der Waals surface area (Å²) < 4.78 is 0. The summed E-state index contributed by atoms with van der Waals surface area (Å²) in [4.78, 5) is 2.44. The van der Waals surface area contributed by atoms with Crippen LogP contribution in [0.5, 0.6) is 0 Å². The maximum atomic E-state index is 2.44. The first-order chi connectivity index (χ1) is 7.67. The summed E-state index contributed by atoms with van der Waals surface area (Å²) in [5.41, 5.74) is 3.28. The Morgan fingerprint density at radius 3 is 2.19 bits per heavy atom. The molecule has 0 amide bonds. The first-order valence-electron chi connectivity index (χ1n) is 6.40. The molecule has 1 aliphatic rings. The lowest BCUT2D eigenvalue weighted by Gasteiger charge is -2.44. The summed E-state index contributed by atoms with van der Waals surface area (Å²) in [6.07, 6.45) is 6.76. The minimum atomic E-state index is 0.295. The fourth-order valence-electron chi connectivity index (χ4n) is 3.19. The quantitative estimate of drug-likeness (QED) is 0.730. The van der Waals surface area contributed by atoms with Crippen molar-refractivity contribution in [3.63, 3.8) is 0 Å². The Labute approximate surface area is 99.5 Å². The van der Waals surface area contributed by atoms with Crippen molar-refractivity contribution in [2.24, 2.45) is 0 Å². The average molecular weight is 217 g/mol. The van der Waals surface area contributed by atoms with Crippen LogP contribution in [0.3, 0.4) is 0 Å². The van der Waals surface area contributed by atoms with Crippen LogP contribution in [0.1, 0.15) is 43.2 Å². The van der Waals surface area contributed by atoms with Gasteiger partial charge in [0.15, 0.2) is 0 Å². The molecule has 0 radical (unpaired) electrons. The van der Waals surface area contributed by atoms with Crippen LogP contribution in [0.2, 0.25) is 0 Å². The Kier molecular flexibility index (Phi) is 3.34. The third-order valence-corrected chi connectivity index (χ3v) is 4.18. The van der Waals surface area contributed by atoms with E-state index >= 15 is 0 Å². The highest BCUT2D eigenvalue weighted by molar-refractivity contribution is 5.33. The van der Waals surface area contributed by atoms with Gasteiger partial charge in [0.05, 0.1) is 0 Å². The van der Waals surface area contributed by atoms with Crippen molar-refractivity contribution < 1.29 is 0 Å². The lowest BCUT2D eigenvalue weighted by atomic mass is 9.74. The van der Waals surface area contributed by atoms with Gasteiger partial charge in [-0.15, -0.1) is 0 Å². The molecule has 1 aromatic carbocycles. The first-order valence-corrected chi connectivity index (χ1v) is 6.40. The molecule has 1 aliphatic carbocycles. The monoisotopic (exact) mass is 217 g/mol. The van der Waals surface area contributed by atoms with Gasteiger partial charge in [0.2, 0.25) is 0 Å². The normalized spacial score (nSPS) is 20.0. The fourth-order valence-corrected chi connectivity index (χ4v) is 3.19. The van der Waals surface area contributed by atoms with Gasteiger partial charge in [-0.05, 0) is 45.0 Å². The molecule has 0 spiro atoms. The van der Waals surface area contributed by atoms with E-state index in [0.717, 1.165) is 0 Å². The molecule has 1 aromatic rings. The molecule has 0 aromatic heterocycles. The van der Waals surface area contributed by atoms with Gasteiger partial charge < -0.3 is 0 Å². The fraction of sp³-hybridized carbons (Fsp3) is 0.600. The minimum Gasteiger partial charge on any atom is -0.300 e. The highest BCUT2D eigenvalue weighted by atomic mass is 15.1. The molecule has 0 atom stereocenters. The lowest BCUT2D eigenvalue weighted by Crippen LogP contribution is -2.43. The van der Waals surface area contributed by atoms with E-state index in [1.165, 1.54) is 37.7 Å². The summed E-state index contributed by atoms with van der Waals surface area (Å²) in [5, 5.41) is 0. The number of hydrogen-bond acceptors (Lipinski definition) is 1. The molecule has 1 nitrogen and oxygen atoms in total. The van der Waals surface area contributed by atoms with Gasteiger partial charge in [0.25, 0.3) is 0 Å². The third-order valence-electron chi connectivity index (χ3n) is 4.18. The second-order valence-corrected chi connectivity index (χ2v) is 5.30. The summed E-state index contributed by atoms with van der Waals surface area (Å²) in [5.74, 6) is 0. The SMILES string of the molecule is Cc1ccccc1C1(N(C)C)CCCCC1. The Bertz CT molecular complexity index is 348. The van der Waals surface area contributed by atoms with E-state index in [0.29, 0.717) is 5.54 Å². The first kappa shape index (κ1) is 11.7. The van der Waals surface area contributed by atoms with Gasteiger partial charge in [-0.3, -0.25) is 4.90 Å². The molecular formula is C15H23N. The van der Waals surface area contributed by atoms with Gasteiger partial charge in [0, 0.05) is 5.54 Å². The predicted octanol–water partition coefficient (Wildman–Crippen LogP) is 3.72. The molecule has 0 unspecified atom stereocenters. The van der Waals surface area contributed by atoms with E-state index in [2.05, 4.69) is 50.2 Å². The molecule has 1 heteroatoms. The zero-order valence-electron chi connectivity index (χ0n) is 10.8. The molecule has 0 aliphatic heterocycles. The molecule has 0 heterocycles. The van der Waals surface area contributed by atoms with Crippen LogP contribution in [0.4, 0.5) is 0 Å². The highest BCUT2D eigenvalue weighted by Gasteiger charge is 2.36. The summed E-state index contributed by atoms with van der Waals surface area (Å²) in [7, 11) is 4.47. The number of nitrogens with zero attached hydrogens (tertiary/aromatic N) is 1. The number of rotatable bonds is 2. The summed E-state index contributed by atoms with van der Waals surface area (Å²) >= 11 is 0. The molecule has 1 fully saturated rings. The van der Waals surface area contributed by atoms with Crippen molar-refractivity contribution in [2.45, 2.75) is 44.6 Å². The molecule has 88 valence electrons. The second-order valence-electron chi connectivity index (χ2n) is 5.30. The van der Waals surface area contributed by atoms with Gasteiger partial charge >= 0.3 is 0 Å². The van der Waals surface area contributed by atoms with Crippen LogP contribution in [0.25, 0.3) is 0 Å². The largest absolute Gasteiger partial charge is 0.300 e. The molecular weight excluding hydrogens is 194 g/mol.